The van der Waals surface area contributed by atoms with Gasteiger partial charge >= 0.3 is 6.18 Å². The van der Waals surface area contributed by atoms with Crippen molar-refractivity contribution in [2.75, 3.05) is 13.6 Å². The molecule has 0 radical (unpaired) electrons. The number of nitrogens with zero attached hydrogens (tertiary/aromatic N) is 4. The van der Waals surface area contributed by atoms with Crippen LogP contribution in [0.1, 0.15) is 17.8 Å². The molecule has 1 amide bonds. The first-order valence-corrected chi connectivity index (χ1v) is 7.71. The molecular formula is C15H15F3N4OS. The standard InChI is InChI=1S/C15H15F3N4OS/c1-4-6-12(14(23)21(2)8-5-7-19)24-10-11-9-13(15(16,17)18)22(3)20-11/h1,6,9H,5,8,10H2,2-3H3/b12-6-. The third kappa shape index (κ3) is 5.36. The maximum atomic E-state index is 12.7. The summed E-state index contributed by atoms with van der Waals surface area (Å²) in [5, 5.41) is 12.3. The Balaban J connectivity index is 2.82. The number of aryl methyl sites for hydroxylation is 1. The van der Waals surface area contributed by atoms with Crippen molar-refractivity contribution in [3.05, 3.63) is 28.4 Å². The van der Waals surface area contributed by atoms with Crippen LogP contribution >= 0.6 is 11.8 Å². The van der Waals surface area contributed by atoms with Gasteiger partial charge in [0.1, 0.15) is 5.69 Å². The monoisotopic (exact) mass is 356 g/mol. The number of halogens is 3. The number of rotatable bonds is 6. The fourth-order valence-electron chi connectivity index (χ4n) is 1.76. The lowest BCUT2D eigenvalue weighted by Crippen LogP contribution is -2.28. The van der Waals surface area contributed by atoms with Crippen molar-refractivity contribution >= 4 is 17.7 Å². The van der Waals surface area contributed by atoms with Crippen molar-refractivity contribution in [1.29, 1.82) is 5.26 Å². The lowest BCUT2D eigenvalue weighted by Gasteiger charge is -2.16. The molecular weight excluding hydrogens is 341 g/mol. The Bertz CT molecular complexity index is 710. The Morgan fingerprint density at radius 1 is 1.58 bits per heavy atom. The third-order valence-electron chi connectivity index (χ3n) is 2.93. The molecule has 0 saturated heterocycles. The molecule has 0 unspecified atom stereocenters. The van der Waals surface area contributed by atoms with E-state index in [1.54, 1.807) is 0 Å². The molecule has 0 atom stereocenters. The summed E-state index contributed by atoms with van der Waals surface area (Å²) in [6.07, 6.45) is 2.13. The van der Waals surface area contributed by atoms with Crippen molar-refractivity contribution in [1.82, 2.24) is 14.7 Å². The molecule has 0 N–H and O–H groups in total. The van der Waals surface area contributed by atoms with Crippen LogP contribution in [0.2, 0.25) is 0 Å². The number of nitriles is 1. The van der Waals surface area contributed by atoms with Gasteiger partial charge in [0.25, 0.3) is 5.91 Å². The quantitative estimate of drug-likeness (QED) is 0.581. The molecule has 1 rings (SSSR count). The molecule has 0 aliphatic carbocycles. The summed E-state index contributed by atoms with van der Waals surface area (Å²) in [4.78, 5) is 13.8. The number of hydrogen-bond acceptors (Lipinski definition) is 4. The van der Waals surface area contributed by atoms with Crippen molar-refractivity contribution in [2.24, 2.45) is 7.05 Å². The summed E-state index contributed by atoms with van der Waals surface area (Å²) in [7, 11) is 2.73. The second kappa shape index (κ2) is 8.46. The summed E-state index contributed by atoms with van der Waals surface area (Å²) < 4.78 is 39.0. The molecule has 0 spiro atoms. The molecule has 9 heteroatoms. The maximum Gasteiger partial charge on any atom is 0.433 e. The predicted octanol–water partition coefficient (Wildman–Crippen LogP) is 2.56. The smallest absolute Gasteiger partial charge is 0.340 e. The molecule has 1 heterocycles. The summed E-state index contributed by atoms with van der Waals surface area (Å²) in [5.74, 6) is 1.91. The summed E-state index contributed by atoms with van der Waals surface area (Å²) in [5.41, 5.74) is -0.678. The number of amides is 1. The Morgan fingerprint density at radius 2 is 2.25 bits per heavy atom. The highest BCUT2D eigenvalue weighted by molar-refractivity contribution is 8.03. The number of allylic oxidation sites excluding steroid dienone is 1. The Kier molecular flexibility index (Phi) is 6.93. The van der Waals surface area contributed by atoms with Gasteiger partial charge in [-0.25, -0.2) is 0 Å². The fraction of sp³-hybridized carbons (Fsp3) is 0.400. The number of likely N-dealkylation sites (N-methyl/N-ethyl adjacent to an activating group) is 1. The number of carbonyl (C=O) groups excluding carboxylic acids is 1. The third-order valence-corrected chi connectivity index (χ3v) is 3.97. The molecule has 0 aromatic carbocycles. The average molecular weight is 356 g/mol. The maximum absolute atomic E-state index is 12.7. The minimum atomic E-state index is -4.49. The largest absolute Gasteiger partial charge is 0.433 e. The van der Waals surface area contributed by atoms with Gasteiger partial charge in [-0.15, -0.1) is 18.2 Å². The minimum Gasteiger partial charge on any atom is -0.340 e. The Morgan fingerprint density at radius 3 is 2.75 bits per heavy atom. The number of aromatic nitrogens is 2. The topological polar surface area (TPSA) is 61.9 Å². The first-order chi connectivity index (χ1) is 11.2. The highest BCUT2D eigenvalue weighted by Gasteiger charge is 2.34. The van der Waals surface area contributed by atoms with Crippen molar-refractivity contribution in [2.45, 2.75) is 18.3 Å². The van der Waals surface area contributed by atoms with Crippen LogP contribution in [0.25, 0.3) is 0 Å². The molecule has 24 heavy (non-hydrogen) atoms. The van der Waals surface area contributed by atoms with Crippen molar-refractivity contribution in [3.63, 3.8) is 0 Å². The number of carbonyl (C=O) groups is 1. The lowest BCUT2D eigenvalue weighted by molar-refractivity contribution is -0.143. The molecule has 0 bridgehead atoms. The molecule has 0 aliphatic rings. The van der Waals surface area contributed by atoms with Crippen LogP contribution in [0.15, 0.2) is 17.0 Å². The van der Waals surface area contributed by atoms with Gasteiger partial charge in [0, 0.05) is 32.5 Å². The molecule has 0 aliphatic heterocycles. The molecule has 1 aromatic heterocycles. The normalized spacial score (nSPS) is 11.7. The zero-order valence-electron chi connectivity index (χ0n) is 13.1. The van der Waals surface area contributed by atoms with Crippen LogP contribution < -0.4 is 0 Å². The zero-order chi connectivity index (χ0) is 18.3. The van der Waals surface area contributed by atoms with Gasteiger partial charge in [0.2, 0.25) is 0 Å². The van der Waals surface area contributed by atoms with Gasteiger partial charge in [-0.3, -0.25) is 9.48 Å². The van der Waals surface area contributed by atoms with Gasteiger partial charge in [-0.1, -0.05) is 5.92 Å². The van der Waals surface area contributed by atoms with Gasteiger partial charge in [0.15, 0.2) is 0 Å². The second-order valence-electron chi connectivity index (χ2n) is 4.74. The first kappa shape index (κ1) is 19.7. The SMILES string of the molecule is C#C/C=C(\SCc1cc(C(F)(F)F)n(C)n1)C(=O)N(C)CCC#N. The van der Waals surface area contributed by atoms with E-state index < -0.39 is 11.9 Å². The lowest BCUT2D eigenvalue weighted by atomic mass is 10.3. The van der Waals surface area contributed by atoms with Crippen molar-refractivity contribution in [3.8, 4) is 18.4 Å². The number of alkyl halides is 3. The van der Waals surface area contributed by atoms with Gasteiger partial charge in [-0.05, 0) is 6.07 Å². The van der Waals surface area contributed by atoms with Crippen LogP contribution in [-0.4, -0.2) is 34.2 Å². The Labute approximate surface area is 142 Å². The van der Waals surface area contributed by atoms with Gasteiger partial charge < -0.3 is 4.90 Å². The fourth-order valence-corrected chi connectivity index (χ4v) is 2.64. The average Bonchev–Trinajstić information content (AvgIpc) is 2.89. The minimum absolute atomic E-state index is 0.0647. The molecule has 0 saturated carbocycles. The number of hydrogen-bond donors (Lipinski definition) is 0. The van der Waals surface area contributed by atoms with Crippen molar-refractivity contribution < 1.29 is 18.0 Å². The van der Waals surface area contributed by atoms with E-state index in [0.29, 0.717) is 0 Å². The van der Waals surface area contributed by atoms with Crippen LogP contribution in [0.4, 0.5) is 13.2 Å². The number of thioether (sulfide) groups is 1. The van der Waals surface area contributed by atoms with E-state index in [1.807, 2.05) is 6.07 Å². The summed E-state index contributed by atoms with van der Waals surface area (Å²) in [6, 6.07) is 2.86. The van der Waals surface area contributed by atoms with E-state index in [0.717, 1.165) is 22.5 Å². The van der Waals surface area contributed by atoms with Gasteiger partial charge in [-0.2, -0.15) is 23.5 Å². The Hall–Kier alpha value is -2.39. The van der Waals surface area contributed by atoms with Crippen LogP contribution in [0, 0.1) is 23.7 Å². The molecule has 128 valence electrons. The van der Waals surface area contributed by atoms with Crippen LogP contribution in [0.5, 0.6) is 0 Å². The van der Waals surface area contributed by atoms with Crippen LogP contribution in [0.3, 0.4) is 0 Å². The number of terminal acetylenes is 1. The van der Waals surface area contributed by atoms with Gasteiger partial charge in [0.05, 0.1) is 23.1 Å². The van der Waals surface area contributed by atoms with E-state index >= 15 is 0 Å². The van der Waals surface area contributed by atoms with E-state index in [9.17, 15) is 18.0 Å². The van der Waals surface area contributed by atoms with E-state index in [2.05, 4.69) is 11.0 Å². The second-order valence-corrected chi connectivity index (χ2v) is 5.76. The van der Waals surface area contributed by atoms with E-state index in [1.165, 1.54) is 25.1 Å². The highest BCUT2D eigenvalue weighted by atomic mass is 32.2. The van der Waals surface area contributed by atoms with E-state index in [4.69, 9.17) is 11.7 Å². The first-order valence-electron chi connectivity index (χ1n) is 6.72. The molecule has 5 nitrogen and oxygen atoms in total. The summed E-state index contributed by atoms with van der Waals surface area (Å²) in [6.45, 7) is 0.236. The zero-order valence-corrected chi connectivity index (χ0v) is 13.9. The van der Waals surface area contributed by atoms with E-state index in [-0.39, 0.29) is 35.2 Å². The highest BCUT2D eigenvalue weighted by Crippen LogP contribution is 2.31. The summed E-state index contributed by atoms with van der Waals surface area (Å²) >= 11 is 1.00. The molecule has 1 aromatic rings. The van der Waals surface area contributed by atoms with Crippen LogP contribution in [-0.2, 0) is 23.8 Å². The predicted molar refractivity (Wildman–Crippen MR) is 84.3 cm³/mol. The molecule has 0 fully saturated rings.